The molecule has 0 atom stereocenters. The Balaban J connectivity index is 2.41. The number of hydrogen-bond acceptors (Lipinski definition) is 3. The van der Waals surface area contributed by atoms with Crippen LogP contribution in [-0.4, -0.2) is 21.4 Å². The van der Waals surface area contributed by atoms with E-state index >= 15 is 0 Å². The third-order valence-corrected chi connectivity index (χ3v) is 2.27. The summed E-state index contributed by atoms with van der Waals surface area (Å²) in [7, 11) is 0. The summed E-state index contributed by atoms with van der Waals surface area (Å²) in [5.41, 5.74) is 6.32. The van der Waals surface area contributed by atoms with Gasteiger partial charge in [0.1, 0.15) is 5.75 Å². The van der Waals surface area contributed by atoms with Crippen molar-refractivity contribution >= 4 is 0 Å². The molecule has 0 spiro atoms. The highest BCUT2D eigenvalue weighted by molar-refractivity contribution is 5.38. The molecule has 3 N–H and O–H groups in total. The lowest BCUT2D eigenvalue weighted by atomic mass is 10.2. The van der Waals surface area contributed by atoms with Gasteiger partial charge in [-0.15, -0.1) is 0 Å². The van der Waals surface area contributed by atoms with Gasteiger partial charge in [-0.3, -0.25) is 0 Å². The van der Waals surface area contributed by atoms with E-state index in [2.05, 4.69) is 5.10 Å². The van der Waals surface area contributed by atoms with Crippen molar-refractivity contribution in [3.05, 3.63) is 42.0 Å². The molecule has 0 saturated heterocycles. The number of nitrogens with zero attached hydrogens (tertiary/aromatic N) is 2. The summed E-state index contributed by atoms with van der Waals surface area (Å²) in [6, 6.07) is 6.27. The van der Waals surface area contributed by atoms with Crippen LogP contribution in [0.3, 0.4) is 0 Å². The van der Waals surface area contributed by atoms with Gasteiger partial charge in [0.25, 0.3) is 0 Å². The normalized spacial score (nSPS) is 10.6. The Morgan fingerprint density at radius 2 is 2.25 bits per heavy atom. The number of halogens is 1. The highest BCUT2D eigenvalue weighted by atomic mass is 19.1. The molecular formula is C11H12FN3O. The van der Waals surface area contributed by atoms with Crippen LogP contribution in [0.2, 0.25) is 0 Å². The van der Waals surface area contributed by atoms with Crippen molar-refractivity contribution in [3.8, 4) is 11.4 Å². The minimum atomic E-state index is -0.434. The predicted molar refractivity (Wildman–Crippen MR) is 57.9 cm³/mol. The molecule has 16 heavy (non-hydrogen) atoms. The van der Waals surface area contributed by atoms with Crippen molar-refractivity contribution in [3.63, 3.8) is 0 Å². The van der Waals surface area contributed by atoms with E-state index in [1.165, 1.54) is 18.3 Å². The zero-order chi connectivity index (χ0) is 11.5. The second-order valence-electron chi connectivity index (χ2n) is 3.43. The maximum absolute atomic E-state index is 13.8. The minimum absolute atomic E-state index is 0.0766. The monoisotopic (exact) mass is 221 g/mol. The molecule has 5 heteroatoms. The molecule has 0 fully saturated rings. The molecule has 0 unspecified atom stereocenters. The summed E-state index contributed by atoms with van der Waals surface area (Å²) in [4.78, 5) is 0. The van der Waals surface area contributed by atoms with Gasteiger partial charge in [0.05, 0.1) is 11.9 Å². The number of benzene rings is 1. The molecule has 2 aromatic rings. The van der Waals surface area contributed by atoms with Crippen LogP contribution in [0, 0.1) is 5.95 Å². The van der Waals surface area contributed by atoms with Gasteiger partial charge < -0.3 is 10.8 Å². The van der Waals surface area contributed by atoms with Crippen molar-refractivity contribution in [1.29, 1.82) is 0 Å². The van der Waals surface area contributed by atoms with Crippen LogP contribution in [0.4, 0.5) is 4.39 Å². The summed E-state index contributed by atoms with van der Waals surface area (Å²) in [5, 5.41) is 13.2. The number of phenols is 1. The third kappa shape index (κ3) is 1.90. The third-order valence-electron chi connectivity index (χ3n) is 2.27. The van der Waals surface area contributed by atoms with Gasteiger partial charge in [-0.25, -0.2) is 4.68 Å². The Morgan fingerprint density at radius 3 is 2.94 bits per heavy atom. The van der Waals surface area contributed by atoms with Crippen molar-refractivity contribution in [2.45, 2.75) is 6.42 Å². The Bertz CT molecular complexity index is 496. The molecule has 4 nitrogen and oxygen atoms in total. The Morgan fingerprint density at radius 1 is 1.44 bits per heavy atom. The average Bonchev–Trinajstić information content (AvgIpc) is 2.61. The quantitative estimate of drug-likeness (QED) is 0.819. The first kappa shape index (κ1) is 10.6. The van der Waals surface area contributed by atoms with E-state index in [1.54, 1.807) is 12.1 Å². The van der Waals surface area contributed by atoms with Gasteiger partial charge in [0.15, 0.2) is 0 Å². The smallest absolute Gasteiger partial charge is 0.219 e. The van der Waals surface area contributed by atoms with Gasteiger partial charge in [0.2, 0.25) is 5.95 Å². The van der Waals surface area contributed by atoms with E-state index in [0.717, 1.165) is 4.68 Å². The summed E-state index contributed by atoms with van der Waals surface area (Å²) >= 11 is 0. The molecule has 2 rings (SSSR count). The maximum Gasteiger partial charge on any atom is 0.219 e. The fourth-order valence-corrected chi connectivity index (χ4v) is 1.50. The second-order valence-corrected chi connectivity index (χ2v) is 3.43. The Labute approximate surface area is 92.1 Å². The Hall–Kier alpha value is -1.88. The molecule has 0 radical (unpaired) electrons. The molecule has 0 saturated carbocycles. The van der Waals surface area contributed by atoms with Crippen LogP contribution in [0.5, 0.6) is 5.75 Å². The molecule has 0 aliphatic rings. The minimum Gasteiger partial charge on any atom is -0.508 e. The Kier molecular flexibility index (Phi) is 2.87. The summed E-state index contributed by atoms with van der Waals surface area (Å²) in [6.45, 7) is 0.378. The molecule has 1 aromatic carbocycles. The number of aromatic hydroxyl groups is 1. The zero-order valence-electron chi connectivity index (χ0n) is 8.60. The lowest BCUT2D eigenvalue weighted by Gasteiger charge is -2.02. The van der Waals surface area contributed by atoms with Crippen molar-refractivity contribution in [1.82, 2.24) is 9.78 Å². The first-order chi connectivity index (χ1) is 7.72. The van der Waals surface area contributed by atoms with E-state index < -0.39 is 5.95 Å². The van der Waals surface area contributed by atoms with Crippen LogP contribution >= 0.6 is 0 Å². The zero-order valence-corrected chi connectivity index (χ0v) is 8.60. The SMILES string of the molecule is NCCc1cnn(-c2cccc(O)c2)c1F. The van der Waals surface area contributed by atoms with Gasteiger partial charge >= 0.3 is 0 Å². The van der Waals surface area contributed by atoms with Crippen molar-refractivity contribution in [2.75, 3.05) is 6.54 Å². The van der Waals surface area contributed by atoms with E-state index in [1.807, 2.05) is 0 Å². The van der Waals surface area contributed by atoms with Gasteiger partial charge in [0, 0.05) is 11.6 Å². The molecular weight excluding hydrogens is 209 g/mol. The second kappa shape index (κ2) is 4.32. The molecule has 1 heterocycles. The molecule has 0 bridgehead atoms. The summed E-state index contributed by atoms with van der Waals surface area (Å²) in [6.07, 6.45) is 1.90. The molecule has 0 aliphatic heterocycles. The highest BCUT2D eigenvalue weighted by Gasteiger charge is 2.11. The number of rotatable bonds is 3. The largest absolute Gasteiger partial charge is 0.508 e. The summed E-state index contributed by atoms with van der Waals surface area (Å²) in [5.74, 6) is -0.358. The van der Waals surface area contributed by atoms with Gasteiger partial charge in [-0.05, 0) is 25.1 Å². The number of nitrogens with two attached hydrogens (primary N) is 1. The standard InChI is InChI=1S/C11H12FN3O/c12-11-8(4-5-13)7-14-15(11)9-2-1-3-10(16)6-9/h1-3,6-7,16H,4-5,13H2. The number of aromatic nitrogens is 2. The van der Waals surface area contributed by atoms with Crippen LogP contribution in [0.15, 0.2) is 30.5 Å². The fourth-order valence-electron chi connectivity index (χ4n) is 1.50. The highest BCUT2D eigenvalue weighted by Crippen LogP contribution is 2.17. The van der Waals surface area contributed by atoms with Crippen LogP contribution in [0.1, 0.15) is 5.56 Å². The topological polar surface area (TPSA) is 64.1 Å². The first-order valence-corrected chi connectivity index (χ1v) is 4.94. The van der Waals surface area contributed by atoms with Crippen LogP contribution < -0.4 is 5.73 Å². The molecule has 84 valence electrons. The van der Waals surface area contributed by atoms with Gasteiger partial charge in [-0.1, -0.05) is 6.07 Å². The first-order valence-electron chi connectivity index (χ1n) is 4.94. The van der Waals surface area contributed by atoms with E-state index in [0.29, 0.717) is 24.2 Å². The van der Waals surface area contributed by atoms with Crippen molar-refractivity contribution < 1.29 is 9.50 Å². The number of phenolic OH excluding ortho intramolecular Hbond substituents is 1. The van der Waals surface area contributed by atoms with Crippen LogP contribution in [-0.2, 0) is 6.42 Å². The van der Waals surface area contributed by atoms with E-state index in [-0.39, 0.29) is 5.75 Å². The van der Waals surface area contributed by atoms with E-state index in [9.17, 15) is 9.50 Å². The molecule has 0 aliphatic carbocycles. The average molecular weight is 221 g/mol. The van der Waals surface area contributed by atoms with Gasteiger partial charge in [-0.2, -0.15) is 9.49 Å². The molecule has 0 amide bonds. The molecule has 1 aromatic heterocycles. The predicted octanol–water partition coefficient (Wildman–Crippen LogP) is 1.22. The lowest BCUT2D eigenvalue weighted by molar-refractivity contribution is 0.473. The maximum atomic E-state index is 13.8. The van der Waals surface area contributed by atoms with E-state index in [4.69, 9.17) is 5.73 Å². The number of hydrogen-bond donors (Lipinski definition) is 2. The fraction of sp³-hybridized carbons (Fsp3) is 0.182. The lowest BCUT2D eigenvalue weighted by Crippen LogP contribution is -2.05. The van der Waals surface area contributed by atoms with Crippen molar-refractivity contribution in [2.24, 2.45) is 5.73 Å². The summed E-state index contributed by atoms with van der Waals surface area (Å²) < 4.78 is 14.9. The van der Waals surface area contributed by atoms with Crippen LogP contribution in [0.25, 0.3) is 5.69 Å².